The molecule has 0 spiro atoms. The van der Waals surface area contributed by atoms with Gasteiger partial charge in [0, 0.05) is 13.2 Å². The molecule has 1 amide bonds. The molecule has 0 aliphatic rings. The number of methoxy groups -OCH3 is 1. The number of nitrogens with one attached hydrogen (secondary N) is 1. The molecule has 0 aliphatic carbocycles. The number of ether oxygens (including phenoxy) is 1. The Hall–Kier alpha value is -0.570. The quantitative estimate of drug-likeness (QED) is 0.693. The van der Waals surface area contributed by atoms with E-state index in [0.717, 1.165) is 0 Å². The van der Waals surface area contributed by atoms with Crippen LogP contribution in [0.1, 0.15) is 27.7 Å². The summed E-state index contributed by atoms with van der Waals surface area (Å²) in [6, 6.07) is 0.204. The van der Waals surface area contributed by atoms with Gasteiger partial charge in [-0.25, -0.2) is 0 Å². The first-order valence-corrected chi connectivity index (χ1v) is 4.32. The Balaban J connectivity index is 3.84. The molecule has 0 aromatic rings. The Kier molecular flexibility index (Phi) is 4.90. The molecule has 72 valence electrons. The molecule has 0 aromatic carbocycles. The summed E-state index contributed by atoms with van der Waals surface area (Å²) in [5, 5.41) is 2.87. The summed E-state index contributed by atoms with van der Waals surface area (Å²) in [6.07, 6.45) is -0.355. The Morgan fingerprint density at radius 1 is 1.25 bits per heavy atom. The highest BCUT2D eigenvalue weighted by molar-refractivity contribution is 5.80. The third-order valence-electron chi connectivity index (χ3n) is 2.09. The summed E-state index contributed by atoms with van der Waals surface area (Å²) < 4.78 is 4.88. The summed E-state index contributed by atoms with van der Waals surface area (Å²) in [6.45, 7) is 7.87. The normalized spacial score (nSPS) is 15.8. The maximum atomic E-state index is 11.3. The van der Waals surface area contributed by atoms with Gasteiger partial charge in [0.15, 0.2) is 0 Å². The fraction of sp³-hybridized carbons (Fsp3) is 0.889. The van der Waals surface area contributed by atoms with Crippen molar-refractivity contribution in [2.75, 3.05) is 7.11 Å². The van der Waals surface area contributed by atoms with Crippen LogP contribution < -0.4 is 5.32 Å². The van der Waals surface area contributed by atoms with Gasteiger partial charge < -0.3 is 10.1 Å². The molecular formula is C9H19NO2. The number of rotatable bonds is 4. The van der Waals surface area contributed by atoms with Crippen LogP contribution in [-0.2, 0) is 9.53 Å². The minimum absolute atomic E-state index is 0.0429. The van der Waals surface area contributed by atoms with Crippen LogP contribution in [0, 0.1) is 5.92 Å². The summed E-state index contributed by atoms with van der Waals surface area (Å²) in [4.78, 5) is 11.3. The first-order valence-electron chi connectivity index (χ1n) is 4.32. The number of amides is 1. The third-order valence-corrected chi connectivity index (χ3v) is 2.09. The number of carbonyl (C=O) groups excluding carboxylic acids is 1. The topological polar surface area (TPSA) is 38.3 Å². The second-order valence-corrected chi connectivity index (χ2v) is 3.42. The van der Waals surface area contributed by atoms with E-state index in [1.54, 1.807) is 6.92 Å². The van der Waals surface area contributed by atoms with Crippen LogP contribution in [0.3, 0.4) is 0 Å². The van der Waals surface area contributed by atoms with Gasteiger partial charge in [0.1, 0.15) is 6.10 Å². The first-order chi connectivity index (χ1) is 5.49. The van der Waals surface area contributed by atoms with Crippen molar-refractivity contribution in [2.45, 2.75) is 39.8 Å². The maximum absolute atomic E-state index is 11.3. The maximum Gasteiger partial charge on any atom is 0.249 e. The molecule has 2 unspecified atom stereocenters. The average Bonchev–Trinajstić information content (AvgIpc) is 2.02. The van der Waals surface area contributed by atoms with Gasteiger partial charge in [0.25, 0.3) is 0 Å². The van der Waals surface area contributed by atoms with Gasteiger partial charge in [-0.05, 0) is 19.8 Å². The van der Waals surface area contributed by atoms with Crippen LogP contribution >= 0.6 is 0 Å². The highest BCUT2D eigenvalue weighted by Gasteiger charge is 2.15. The lowest BCUT2D eigenvalue weighted by molar-refractivity contribution is -0.130. The van der Waals surface area contributed by atoms with Crippen LogP contribution in [0.15, 0.2) is 0 Å². The number of carbonyl (C=O) groups is 1. The van der Waals surface area contributed by atoms with E-state index in [1.165, 1.54) is 7.11 Å². The summed E-state index contributed by atoms with van der Waals surface area (Å²) >= 11 is 0. The van der Waals surface area contributed by atoms with Crippen LogP contribution in [0.2, 0.25) is 0 Å². The van der Waals surface area contributed by atoms with Gasteiger partial charge in [-0.2, -0.15) is 0 Å². The van der Waals surface area contributed by atoms with Crippen molar-refractivity contribution in [1.29, 1.82) is 0 Å². The number of hydrogen-bond donors (Lipinski definition) is 1. The summed E-state index contributed by atoms with van der Waals surface area (Å²) in [5.41, 5.74) is 0. The zero-order valence-electron chi connectivity index (χ0n) is 8.55. The molecule has 2 atom stereocenters. The molecule has 3 nitrogen and oxygen atoms in total. The molecule has 0 saturated heterocycles. The van der Waals surface area contributed by atoms with Gasteiger partial charge in [-0.1, -0.05) is 13.8 Å². The van der Waals surface area contributed by atoms with Gasteiger partial charge in [-0.3, -0.25) is 4.79 Å². The zero-order chi connectivity index (χ0) is 9.72. The smallest absolute Gasteiger partial charge is 0.249 e. The molecule has 0 fully saturated rings. The van der Waals surface area contributed by atoms with Crippen LogP contribution in [0.25, 0.3) is 0 Å². The second kappa shape index (κ2) is 5.14. The fourth-order valence-corrected chi connectivity index (χ4v) is 0.615. The molecule has 0 aromatic heterocycles. The lowest BCUT2D eigenvalue weighted by Crippen LogP contribution is -2.41. The molecule has 0 rings (SSSR count). The third kappa shape index (κ3) is 3.72. The van der Waals surface area contributed by atoms with Crippen molar-refractivity contribution in [3.63, 3.8) is 0 Å². The van der Waals surface area contributed by atoms with E-state index in [9.17, 15) is 4.79 Å². The minimum atomic E-state index is -0.355. The predicted molar refractivity (Wildman–Crippen MR) is 48.9 cm³/mol. The SMILES string of the molecule is COC(C)C(=O)NC(C)C(C)C. The molecule has 1 N–H and O–H groups in total. The monoisotopic (exact) mass is 173 g/mol. The van der Waals surface area contributed by atoms with Gasteiger partial charge >= 0.3 is 0 Å². The van der Waals surface area contributed by atoms with Crippen molar-refractivity contribution in [3.05, 3.63) is 0 Å². The van der Waals surface area contributed by atoms with E-state index in [2.05, 4.69) is 19.2 Å². The Labute approximate surface area is 74.5 Å². The van der Waals surface area contributed by atoms with Crippen molar-refractivity contribution in [2.24, 2.45) is 5.92 Å². The van der Waals surface area contributed by atoms with E-state index < -0.39 is 0 Å². The highest BCUT2D eigenvalue weighted by Crippen LogP contribution is 2.00. The predicted octanol–water partition coefficient (Wildman–Crippen LogP) is 1.18. The van der Waals surface area contributed by atoms with Crippen molar-refractivity contribution in [1.82, 2.24) is 5.32 Å². The highest BCUT2D eigenvalue weighted by atomic mass is 16.5. The molecule has 0 radical (unpaired) electrons. The molecule has 0 bridgehead atoms. The lowest BCUT2D eigenvalue weighted by atomic mass is 10.1. The number of hydrogen-bond acceptors (Lipinski definition) is 2. The minimum Gasteiger partial charge on any atom is -0.372 e. The molecule has 0 aliphatic heterocycles. The molecular weight excluding hydrogens is 154 g/mol. The molecule has 0 saturated carbocycles. The van der Waals surface area contributed by atoms with E-state index in [-0.39, 0.29) is 18.1 Å². The van der Waals surface area contributed by atoms with E-state index in [1.807, 2.05) is 6.92 Å². The largest absolute Gasteiger partial charge is 0.372 e. The molecule has 3 heteroatoms. The van der Waals surface area contributed by atoms with E-state index in [4.69, 9.17) is 4.74 Å². The standard InChI is InChI=1S/C9H19NO2/c1-6(2)7(3)10-9(11)8(4)12-5/h6-8H,1-5H3,(H,10,11). The molecule has 12 heavy (non-hydrogen) atoms. The van der Waals surface area contributed by atoms with Crippen LogP contribution in [0.5, 0.6) is 0 Å². The van der Waals surface area contributed by atoms with Crippen LogP contribution in [-0.4, -0.2) is 25.2 Å². The van der Waals surface area contributed by atoms with E-state index in [0.29, 0.717) is 5.92 Å². The van der Waals surface area contributed by atoms with Gasteiger partial charge in [0.2, 0.25) is 5.91 Å². The second-order valence-electron chi connectivity index (χ2n) is 3.42. The lowest BCUT2D eigenvalue weighted by Gasteiger charge is -2.19. The average molecular weight is 173 g/mol. The Morgan fingerprint density at radius 2 is 1.75 bits per heavy atom. The Morgan fingerprint density at radius 3 is 2.08 bits per heavy atom. The first kappa shape index (κ1) is 11.4. The van der Waals surface area contributed by atoms with Crippen molar-refractivity contribution in [3.8, 4) is 0 Å². The fourth-order valence-electron chi connectivity index (χ4n) is 0.615. The van der Waals surface area contributed by atoms with Gasteiger partial charge in [0.05, 0.1) is 0 Å². The summed E-state index contributed by atoms with van der Waals surface area (Å²) in [5.74, 6) is 0.414. The zero-order valence-corrected chi connectivity index (χ0v) is 8.55. The van der Waals surface area contributed by atoms with Crippen molar-refractivity contribution < 1.29 is 9.53 Å². The van der Waals surface area contributed by atoms with Crippen LogP contribution in [0.4, 0.5) is 0 Å². The Bertz CT molecular complexity index is 145. The summed E-state index contributed by atoms with van der Waals surface area (Å²) in [7, 11) is 1.53. The van der Waals surface area contributed by atoms with Gasteiger partial charge in [-0.15, -0.1) is 0 Å². The van der Waals surface area contributed by atoms with E-state index >= 15 is 0 Å². The van der Waals surface area contributed by atoms with Crippen molar-refractivity contribution >= 4 is 5.91 Å². The molecule has 0 heterocycles.